The Morgan fingerprint density at radius 3 is 2.68 bits per heavy atom. The zero-order valence-corrected chi connectivity index (χ0v) is 11.9. The topological polar surface area (TPSA) is 15.3 Å². The molecule has 1 N–H and O–H groups in total. The van der Waals surface area contributed by atoms with Gasteiger partial charge in [0.1, 0.15) is 0 Å². The molecule has 1 aliphatic carbocycles. The van der Waals surface area contributed by atoms with Crippen molar-refractivity contribution in [3.05, 3.63) is 35.4 Å². The molecule has 2 rings (SSSR count). The van der Waals surface area contributed by atoms with Gasteiger partial charge in [0.15, 0.2) is 0 Å². The molecule has 0 heterocycles. The summed E-state index contributed by atoms with van der Waals surface area (Å²) in [7, 11) is 2.00. The Bertz CT molecular complexity index is 429. The summed E-state index contributed by atoms with van der Waals surface area (Å²) in [5.41, 5.74) is 2.86. The highest BCUT2D eigenvalue weighted by Gasteiger charge is 2.24. The Labute approximate surface area is 117 Å². The van der Waals surface area contributed by atoms with Gasteiger partial charge in [-0.1, -0.05) is 30.2 Å². The van der Waals surface area contributed by atoms with Crippen LogP contribution < -0.4 is 5.32 Å². The summed E-state index contributed by atoms with van der Waals surface area (Å²) >= 11 is 0. The van der Waals surface area contributed by atoms with Gasteiger partial charge in [-0.25, -0.2) is 0 Å². The Morgan fingerprint density at radius 2 is 2.05 bits per heavy atom. The van der Waals surface area contributed by atoms with Gasteiger partial charge >= 0.3 is 0 Å². The van der Waals surface area contributed by atoms with Crippen LogP contribution in [0.15, 0.2) is 24.3 Å². The molecule has 0 aliphatic heterocycles. The zero-order chi connectivity index (χ0) is 13.5. The third-order valence-corrected chi connectivity index (χ3v) is 3.68. The summed E-state index contributed by atoms with van der Waals surface area (Å²) in [5.74, 6) is 3.68. The number of rotatable bonds is 8. The van der Waals surface area contributed by atoms with Crippen LogP contribution in [-0.2, 0) is 13.0 Å². The smallest absolute Gasteiger partial charge is 0.0601 e. The van der Waals surface area contributed by atoms with Gasteiger partial charge in [-0.05, 0) is 49.9 Å². The van der Waals surface area contributed by atoms with Crippen molar-refractivity contribution in [1.29, 1.82) is 0 Å². The van der Waals surface area contributed by atoms with Crippen LogP contribution >= 0.6 is 0 Å². The van der Waals surface area contributed by atoms with Crippen LogP contribution in [0.2, 0.25) is 0 Å². The Kier molecular flexibility index (Phi) is 5.44. The van der Waals surface area contributed by atoms with E-state index < -0.39 is 0 Å². The maximum atomic E-state index is 5.50. The van der Waals surface area contributed by atoms with Gasteiger partial charge in [0, 0.05) is 13.1 Å². The van der Waals surface area contributed by atoms with Crippen LogP contribution in [0.3, 0.4) is 0 Å². The molecule has 1 aliphatic rings. The maximum Gasteiger partial charge on any atom is 0.0601 e. The van der Waals surface area contributed by atoms with Gasteiger partial charge in [-0.2, -0.15) is 0 Å². The molecule has 1 aromatic rings. The molecule has 0 aromatic heterocycles. The summed E-state index contributed by atoms with van der Waals surface area (Å²) in [5, 5.41) is 3.22. The molecule has 1 saturated carbocycles. The van der Waals surface area contributed by atoms with Crippen LogP contribution in [0.4, 0.5) is 0 Å². The molecule has 102 valence electrons. The lowest BCUT2D eigenvalue weighted by atomic mass is 10.0. The van der Waals surface area contributed by atoms with Gasteiger partial charge in [0.25, 0.3) is 0 Å². The molecular weight excluding hydrogens is 232 g/mol. The first-order valence-electron chi connectivity index (χ1n) is 7.20. The summed E-state index contributed by atoms with van der Waals surface area (Å²) in [4.78, 5) is 2.41. The molecule has 0 spiro atoms. The second-order valence-electron chi connectivity index (χ2n) is 5.44. The monoisotopic (exact) mass is 256 g/mol. The summed E-state index contributed by atoms with van der Waals surface area (Å²) in [6, 6.07) is 8.73. The third-order valence-electron chi connectivity index (χ3n) is 3.68. The number of likely N-dealkylation sites (N-methyl/N-ethyl adjacent to an activating group) is 1. The van der Waals surface area contributed by atoms with E-state index >= 15 is 0 Å². The van der Waals surface area contributed by atoms with Gasteiger partial charge < -0.3 is 5.32 Å². The van der Waals surface area contributed by atoms with E-state index in [0.29, 0.717) is 0 Å². The van der Waals surface area contributed by atoms with Crippen molar-refractivity contribution < 1.29 is 0 Å². The van der Waals surface area contributed by atoms with Crippen molar-refractivity contribution in [2.24, 2.45) is 5.92 Å². The van der Waals surface area contributed by atoms with Crippen LogP contribution in [0.25, 0.3) is 0 Å². The maximum absolute atomic E-state index is 5.50. The average molecular weight is 256 g/mol. The highest BCUT2D eigenvalue weighted by Crippen LogP contribution is 2.30. The quantitative estimate of drug-likeness (QED) is 0.718. The third kappa shape index (κ3) is 4.70. The second kappa shape index (κ2) is 7.33. The van der Waals surface area contributed by atoms with Crippen LogP contribution in [-0.4, -0.2) is 31.6 Å². The first-order chi connectivity index (χ1) is 9.33. The lowest BCUT2D eigenvalue weighted by Crippen LogP contribution is -2.26. The second-order valence-corrected chi connectivity index (χ2v) is 5.44. The fraction of sp³-hybridized carbons (Fsp3) is 0.529. The van der Waals surface area contributed by atoms with Crippen molar-refractivity contribution >= 4 is 0 Å². The standard InChI is InChI=1S/C17H24N2/c1-3-12-19(13-15-8-9-15)14-17-7-5-4-6-16(17)10-11-18-2/h1,4-7,15,18H,8-14H2,2H3. The SMILES string of the molecule is C#CCN(Cc1ccccc1CCNC)CC1CC1. The largest absolute Gasteiger partial charge is 0.319 e. The predicted molar refractivity (Wildman–Crippen MR) is 80.9 cm³/mol. The highest BCUT2D eigenvalue weighted by molar-refractivity contribution is 5.27. The zero-order valence-electron chi connectivity index (χ0n) is 11.9. The van der Waals surface area contributed by atoms with Crippen molar-refractivity contribution in [3.63, 3.8) is 0 Å². The normalized spacial score (nSPS) is 14.6. The van der Waals surface area contributed by atoms with Crippen molar-refractivity contribution in [1.82, 2.24) is 10.2 Å². The minimum atomic E-state index is 0.761. The Hall–Kier alpha value is -1.30. The molecule has 0 radical (unpaired) electrons. The minimum Gasteiger partial charge on any atom is -0.319 e. The molecule has 19 heavy (non-hydrogen) atoms. The average Bonchev–Trinajstić information content (AvgIpc) is 3.22. The lowest BCUT2D eigenvalue weighted by Gasteiger charge is -2.21. The van der Waals surface area contributed by atoms with E-state index in [0.717, 1.165) is 38.5 Å². The minimum absolute atomic E-state index is 0.761. The lowest BCUT2D eigenvalue weighted by molar-refractivity contribution is 0.285. The molecule has 0 bridgehead atoms. The highest BCUT2D eigenvalue weighted by atomic mass is 15.1. The van der Waals surface area contributed by atoms with Crippen LogP contribution in [0.5, 0.6) is 0 Å². The fourth-order valence-corrected chi connectivity index (χ4v) is 2.44. The van der Waals surface area contributed by atoms with Gasteiger partial charge in [0.05, 0.1) is 6.54 Å². The van der Waals surface area contributed by atoms with Crippen LogP contribution in [0, 0.1) is 18.3 Å². The van der Waals surface area contributed by atoms with E-state index in [1.807, 2.05) is 7.05 Å². The van der Waals surface area contributed by atoms with Gasteiger partial charge in [-0.15, -0.1) is 6.42 Å². The number of benzene rings is 1. The number of nitrogens with zero attached hydrogens (tertiary/aromatic N) is 1. The fourth-order valence-electron chi connectivity index (χ4n) is 2.44. The van der Waals surface area contributed by atoms with E-state index in [2.05, 4.69) is 40.4 Å². The summed E-state index contributed by atoms with van der Waals surface area (Å²) in [6.07, 6.45) is 9.33. The number of hydrogen-bond acceptors (Lipinski definition) is 2. The molecule has 0 atom stereocenters. The van der Waals surface area contributed by atoms with Gasteiger partial charge in [-0.3, -0.25) is 4.90 Å². The first-order valence-corrected chi connectivity index (χ1v) is 7.20. The summed E-state index contributed by atoms with van der Waals surface area (Å²) < 4.78 is 0. The van der Waals surface area contributed by atoms with E-state index in [-0.39, 0.29) is 0 Å². The number of nitrogens with one attached hydrogen (secondary N) is 1. The molecule has 1 fully saturated rings. The molecule has 0 unspecified atom stereocenters. The molecular formula is C17H24N2. The molecule has 2 nitrogen and oxygen atoms in total. The number of hydrogen-bond donors (Lipinski definition) is 1. The first kappa shape index (κ1) is 14.1. The van der Waals surface area contributed by atoms with E-state index in [1.165, 1.54) is 24.0 Å². The van der Waals surface area contributed by atoms with Crippen LogP contribution in [0.1, 0.15) is 24.0 Å². The van der Waals surface area contributed by atoms with E-state index in [1.54, 1.807) is 0 Å². The number of terminal acetylenes is 1. The molecule has 0 saturated heterocycles. The predicted octanol–water partition coefficient (Wildman–Crippen LogP) is 2.29. The van der Waals surface area contributed by atoms with Crippen molar-refractivity contribution in [3.8, 4) is 12.3 Å². The van der Waals surface area contributed by atoms with Crippen molar-refractivity contribution in [2.75, 3.05) is 26.7 Å². The van der Waals surface area contributed by atoms with Gasteiger partial charge in [0.2, 0.25) is 0 Å². The summed E-state index contributed by atoms with van der Waals surface area (Å²) in [6.45, 7) is 3.93. The molecule has 1 aromatic carbocycles. The van der Waals surface area contributed by atoms with Crippen molar-refractivity contribution in [2.45, 2.75) is 25.8 Å². The molecule has 0 amide bonds. The Morgan fingerprint density at radius 1 is 1.32 bits per heavy atom. The van der Waals surface area contributed by atoms with E-state index in [9.17, 15) is 0 Å². The Balaban J connectivity index is 2.00. The van der Waals surface area contributed by atoms with E-state index in [4.69, 9.17) is 6.42 Å². The molecule has 2 heteroatoms.